The van der Waals surface area contributed by atoms with Crippen LogP contribution in [0, 0.1) is 0 Å². The van der Waals surface area contributed by atoms with E-state index in [2.05, 4.69) is 20.2 Å². The van der Waals surface area contributed by atoms with E-state index in [-0.39, 0.29) is 30.1 Å². The molecule has 1 saturated heterocycles. The second-order valence-corrected chi connectivity index (χ2v) is 6.64. The molecular weight excluding hydrogens is 491 g/mol. The van der Waals surface area contributed by atoms with Gasteiger partial charge >= 0.3 is 0 Å². The largest absolute Gasteiger partial charge is 0.490 e. The van der Waals surface area contributed by atoms with Crippen LogP contribution in [0.2, 0.25) is 5.02 Å². The molecule has 0 aliphatic carbocycles. The van der Waals surface area contributed by atoms with E-state index in [1.54, 1.807) is 25.4 Å². The molecule has 0 amide bonds. The SMILES string of the molecule is CN=C(NCCOc1ncccc1Cl)N1CCC(Oc2ccccc2)CC1.I. The van der Waals surface area contributed by atoms with Crippen LogP contribution in [0.3, 0.4) is 0 Å². The molecule has 8 heteroatoms. The second-order valence-electron chi connectivity index (χ2n) is 6.23. The molecule has 6 nitrogen and oxygen atoms in total. The van der Waals surface area contributed by atoms with Crippen molar-refractivity contribution in [3.63, 3.8) is 0 Å². The maximum Gasteiger partial charge on any atom is 0.232 e. The van der Waals surface area contributed by atoms with E-state index in [4.69, 9.17) is 21.1 Å². The molecule has 1 aromatic carbocycles. The fraction of sp³-hybridized carbons (Fsp3) is 0.400. The van der Waals surface area contributed by atoms with Crippen LogP contribution in [0.5, 0.6) is 11.6 Å². The maximum atomic E-state index is 6.05. The van der Waals surface area contributed by atoms with E-state index in [9.17, 15) is 0 Å². The summed E-state index contributed by atoms with van der Waals surface area (Å²) in [6.45, 7) is 2.90. The summed E-state index contributed by atoms with van der Waals surface area (Å²) in [5, 5.41) is 3.85. The van der Waals surface area contributed by atoms with Crippen molar-refractivity contribution in [2.24, 2.45) is 4.99 Å². The van der Waals surface area contributed by atoms with Gasteiger partial charge in [-0.1, -0.05) is 29.8 Å². The molecule has 3 rings (SSSR count). The zero-order valence-corrected chi connectivity index (χ0v) is 19.0. The summed E-state index contributed by atoms with van der Waals surface area (Å²) in [6, 6.07) is 13.5. The lowest BCUT2D eigenvalue weighted by Gasteiger charge is -2.34. The number of ether oxygens (including phenoxy) is 2. The number of rotatable bonds is 6. The normalized spacial score (nSPS) is 14.9. The van der Waals surface area contributed by atoms with E-state index < -0.39 is 0 Å². The first-order chi connectivity index (χ1) is 13.3. The summed E-state index contributed by atoms with van der Waals surface area (Å²) in [5.74, 6) is 2.27. The van der Waals surface area contributed by atoms with Crippen molar-refractivity contribution in [1.29, 1.82) is 0 Å². The standard InChI is InChI=1S/C20H25ClN4O2.HI/c1-22-20(24-12-15-26-19-18(21)8-5-11-23-19)25-13-9-17(10-14-25)27-16-6-3-2-4-7-16;/h2-8,11,17H,9-10,12-15H2,1H3,(H,22,24);1H. The Balaban J connectivity index is 0.00000280. The molecule has 2 aromatic rings. The minimum atomic E-state index is 0. The van der Waals surface area contributed by atoms with Crippen molar-refractivity contribution >= 4 is 41.5 Å². The van der Waals surface area contributed by atoms with Gasteiger partial charge < -0.3 is 19.7 Å². The fourth-order valence-corrected chi connectivity index (χ4v) is 3.17. The Kier molecular flexibility index (Phi) is 9.63. The Bertz CT molecular complexity index is 740. The summed E-state index contributed by atoms with van der Waals surface area (Å²) < 4.78 is 11.7. The van der Waals surface area contributed by atoms with Gasteiger partial charge in [0.05, 0.1) is 6.54 Å². The number of aliphatic imine (C=N–C) groups is 1. The average molecular weight is 517 g/mol. The van der Waals surface area contributed by atoms with Gasteiger partial charge in [-0.2, -0.15) is 0 Å². The van der Waals surface area contributed by atoms with Crippen LogP contribution in [0.15, 0.2) is 53.7 Å². The molecule has 0 radical (unpaired) electrons. The highest BCUT2D eigenvalue weighted by atomic mass is 127. The first-order valence-corrected chi connectivity index (χ1v) is 9.54. The van der Waals surface area contributed by atoms with E-state index in [0.29, 0.717) is 24.1 Å². The number of para-hydroxylation sites is 1. The summed E-state index contributed by atoms with van der Waals surface area (Å²) in [6.07, 6.45) is 3.84. The van der Waals surface area contributed by atoms with Crippen molar-refractivity contribution in [3.05, 3.63) is 53.7 Å². The number of aromatic nitrogens is 1. The number of benzene rings is 1. The van der Waals surface area contributed by atoms with E-state index in [0.717, 1.165) is 37.6 Å². The number of likely N-dealkylation sites (tertiary alicyclic amines) is 1. The van der Waals surface area contributed by atoms with Gasteiger partial charge in [-0.3, -0.25) is 4.99 Å². The quantitative estimate of drug-likeness (QED) is 0.274. The van der Waals surface area contributed by atoms with Crippen molar-refractivity contribution in [3.8, 4) is 11.6 Å². The van der Waals surface area contributed by atoms with Crippen LogP contribution < -0.4 is 14.8 Å². The molecule has 152 valence electrons. The molecule has 1 fully saturated rings. The smallest absolute Gasteiger partial charge is 0.232 e. The molecule has 0 spiro atoms. The van der Waals surface area contributed by atoms with Crippen LogP contribution in [0.25, 0.3) is 0 Å². The number of pyridine rings is 1. The number of nitrogens with zero attached hydrogens (tertiary/aromatic N) is 3. The Hall–Kier alpha value is -1.74. The van der Waals surface area contributed by atoms with Gasteiger partial charge in [0.1, 0.15) is 23.5 Å². The summed E-state index contributed by atoms with van der Waals surface area (Å²) >= 11 is 6.03. The van der Waals surface area contributed by atoms with Crippen LogP contribution in [-0.4, -0.2) is 55.2 Å². The zero-order chi connectivity index (χ0) is 18.9. The van der Waals surface area contributed by atoms with E-state index in [1.807, 2.05) is 30.3 Å². The van der Waals surface area contributed by atoms with Gasteiger partial charge in [-0.15, -0.1) is 24.0 Å². The van der Waals surface area contributed by atoms with Crippen molar-refractivity contribution in [2.75, 3.05) is 33.3 Å². The predicted molar refractivity (Wildman–Crippen MR) is 123 cm³/mol. The molecule has 1 N–H and O–H groups in total. The summed E-state index contributed by atoms with van der Waals surface area (Å²) in [4.78, 5) is 10.7. The van der Waals surface area contributed by atoms with Crippen LogP contribution in [-0.2, 0) is 0 Å². The number of nitrogens with one attached hydrogen (secondary N) is 1. The molecule has 1 aliphatic heterocycles. The molecule has 2 heterocycles. The van der Waals surface area contributed by atoms with E-state index in [1.165, 1.54) is 0 Å². The Morgan fingerprint density at radius 3 is 2.64 bits per heavy atom. The van der Waals surface area contributed by atoms with Gasteiger partial charge in [-0.05, 0) is 24.3 Å². The average Bonchev–Trinajstić information content (AvgIpc) is 2.71. The number of halogens is 2. The molecule has 1 aromatic heterocycles. The number of piperidine rings is 1. The van der Waals surface area contributed by atoms with Gasteiger partial charge in [0, 0.05) is 39.2 Å². The van der Waals surface area contributed by atoms with Crippen molar-refractivity contribution in [2.45, 2.75) is 18.9 Å². The van der Waals surface area contributed by atoms with Crippen LogP contribution in [0.1, 0.15) is 12.8 Å². The molecule has 0 atom stereocenters. The minimum Gasteiger partial charge on any atom is -0.490 e. The highest BCUT2D eigenvalue weighted by molar-refractivity contribution is 14.0. The monoisotopic (exact) mass is 516 g/mol. The lowest BCUT2D eigenvalue weighted by molar-refractivity contribution is 0.129. The predicted octanol–water partition coefficient (Wildman–Crippen LogP) is 3.85. The number of guanidine groups is 1. The lowest BCUT2D eigenvalue weighted by Crippen LogP contribution is -2.48. The molecular formula is C20H26ClIN4O2. The first-order valence-electron chi connectivity index (χ1n) is 9.17. The van der Waals surface area contributed by atoms with Crippen LogP contribution >= 0.6 is 35.6 Å². The molecule has 0 unspecified atom stereocenters. The third-order valence-electron chi connectivity index (χ3n) is 4.35. The van der Waals surface area contributed by atoms with Crippen molar-refractivity contribution < 1.29 is 9.47 Å². The summed E-state index contributed by atoms with van der Waals surface area (Å²) in [5.41, 5.74) is 0. The van der Waals surface area contributed by atoms with E-state index >= 15 is 0 Å². The highest BCUT2D eigenvalue weighted by Gasteiger charge is 2.22. The number of hydrogen-bond donors (Lipinski definition) is 1. The Morgan fingerprint density at radius 2 is 1.96 bits per heavy atom. The Labute approximate surface area is 188 Å². The highest BCUT2D eigenvalue weighted by Crippen LogP contribution is 2.20. The third kappa shape index (κ3) is 6.70. The van der Waals surface area contributed by atoms with Gasteiger partial charge in [0.25, 0.3) is 0 Å². The maximum absolute atomic E-state index is 6.05. The van der Waals surface area contributed by atoms with Gasteiger partial charge in [0.15, 0.2) is 5.96 Å². The van der Waals surface area contributed by atoms with Crippen molar-refractivity contribution in [1.82, 2.24) is 15.2 Å². The second kappa shape index (κ2) is 12.0. The zero-order valence-electron chi connectivity index (χ0n) is 15.9. The van der Waals surface area contributed by atoms with Gasteiger partial charge in [-0.25, -0.2) is 4.98 Å². The molecule has 0 bridgehead atoms. The fourth-order valence-electron chi connectivity index (χ4n) is 3.00. The molecule has 1 aliphatic rings. The minimum absolute atomic E-state index is 0. The third-order valence-corrected chi connectivity index (χ3v) is 4.64. The topological polar surface area (TPSA) is 59.0 Å². The molecule has 28 heavy (non-hydrogen) atoms. The number of hydrogen-bond acceptors (Lipinski definition) is 4. The first kappa shape index (κ1) is 22.5. The van der Waals surface area contributed by atoms with Crippen LogP contribution in [0.4, 0.5) is 0 Å². The van der Waals surface area contributed by atoms with Gasteiger partial charge in [0.2, 0.25) is 5.88 Å². The lowest BCUT2D eigenvalue weighted by atomic mass is 10.1. The summed E-state index contributed by atoms with van der Waals surface area (Å²) in [7, 11) is 1.80. The molecule has 0 saturated carbocycles. The Morgan fingerprint density at radius 1 is 1.21 bits per heavy atom.